The molecule has 0 amide bonds. The minimum absolute atomic E-state index is 0. The molecule has 1 aromatic carbocycles. The third kappa shape index (κ3) is 3.22. The zero-order valence-electron chi connectivity index (χ0n) is 6.91. The minimum Gasteiger partial charge on any atom is -0.425 e. The van der Waals surface area contributed by atoms with Gasteiger partial charge in [0.15, 0.2) is 5.75 Å². The van der Waals surface area contributed by atoms with E-state index >= 15 is 0 Å². The fourth-order valence-electron chi connectivity index (χ4n) is 0.728. The molecule has 1 aromatic rings. The third-order valence-electron chi connectivity index (χ3n) is 1.17. The van der Waals surface area contributed by atoms with E-state index < -0.39 is 0 Å². The molecule has 0 aliphatic rings. The zero-order chi connectivity index (χ0) is 8.27. The van der Waals surface area contributed by atoms with Crippen molar-refractivity contribution in [1.82, 2.24) is 0 Å². The van der Waals surface area contributed by atoms with E-state index in [1.54, 1.807) is 24.3 Å². The Morgan fingerprint density at radius 3 is 2.50 bits per heavy atom. The topological polar surface area (TPSA) is 52.3 Å². The first-order valence-electron chi connectivity index (χ1n) is 3.23. The van der Waals surface area contributed by atoms with Crippen LogP contribution in [0.2, 0.25) is 0 Å². The van der Waals surface area contributed by atoms with E-state index in [2.05, 4.69) is 0 Å². The number of esters is 1. The molecule has 0 heterocycles. The van der Waals surface area contributed by atoms with Crippen molar-refractivity contribution in [3.63, 3.8) is 0 Å². The van der Waals surface area contributed by atoms with Crippen molar-refractivity contribution in [2.45, 2.75) is 6.92 Å². The van der Waals surface area contributed by atoms with E-state index in [1.807, 2.05) is 0 Å². The van der Waals surface area contributed by atoms with Gasteiger partial charge in [0.25, 0.3) is 0 Å². The second kappa shape index (κ2) is 5.14. The number of rotatable bonds is 1. The second-order valence-corrected chi connectivity index (χ2v) is 2.13. The molecule has 0 spiro atoms. The largest absolute Gasteiger partial charge is 0.425 e. The van der Waals surface area contributed by atoms with Crippen LogP contribution in [0, 0.1) is 0 Å². The molecular weight excluding hydrogens is 343 g/mol. The summed E-state index contributed by atoms with van der Waals surface area (Å²) < 4.78 is 4.78. The predicted molar refractivity (Wildman–Crippen MR) is 42.2 cm³/mol. The summed E-state index contributed by atoms with van der Waals surface area (Å²) in [5.74, 6) is 0.0582. The predicted octanol–water partition coefficient (Wildman–Crippen LogP) is 1.19. The number of hydrogen-bond donors (Lipinski definition) is 1. The van der Waals surface area contributed by atoms with Crippen LogP contribution >= 0.6 is 0 Å². The Kier molecular flexibility index (Phi) is 4.89. The quantitative estimate of drug-likeness (QED) is 0.358. The molecule has 1 rings (SSSR count). The summed E-state index contributed by atoms with van der Waals surface area (Å²) in [7, 11) is 0. The minimum atomic E-state index is -0.358. The molecule has 0 bridgehead atoms. The molecule has 0 aliphatic heterocycles. The van der Waals surface area contributed by atoms with Gasteiger partial charge >= 0.3 is 5.97 Å². The number of nitrogen functional groups attached to an aromatic ring is 1. The fraction of sp³-hybridized carbons (Fsp3) is 0.125. The van der Waals surface area contributed by atoms with Gasteiger partial charge in [0, 0.05) is 34.6 Å². The van der Waals surface area contributed by atoms with Crippen molar-refractivity contribution in [2.24, 2.45) is 0 Å². The number of carbonyl (C=O) groups is 1. The van der Waals surface area contributed by atoms with Crippen LogP contribution in [-0.4, -0.2) is 5.97 Å². The van der Waals surface area contributed by atoms with Gasteiger partial charge in [-0.05, 0) is 12.1 Å². The van der Waals surface area contributed by atoms with E-state index in [-0.39, 0.29) is 33.6 Å². The van der Waals surface area contributed by atoms with Gasteiger partial charge < -0.3 is 10.5 Å². The number of carbonyl (C=O) groups excluding carboxylic acids is 1. The molecule has 0 radical (unpaired) electrons. The van der Waals surface area contributed by atoms with Crippen LogP contribution in [-0.2, 0) is 32.5 Å². The molecule has 0 atom stereocenters. The number of para-hydroxylation sites is 2. The van der Waals surface area contributed by atoms with Crippen LogP contribution in [0.5, 0.6) is 5.75 Å². The molecule has 60 valence electrons. The summed E-state index contributed by atoms with van der Waals surface area (Å²) in [5.41, 5.74) is 5.97. The number of nitrogens with two attached hydrogens (primary N) is 1. The molecule has 0 aromatic heterocycles. The van der Waals surface area contributed by atoms with Crippen LogP contribution in [0.1, 0.15) is 6.92 Å². The van der Waals surface area contributed by atoms with Gasteiger partial charge in [0.2, 0.25) is 0 Å². The van der Waals surface area contributed by atoms with Crippen molar-refractivity contribution in [3.05, 3.63) is 24.3 Å². The monoisotopic (exact) mass is 353 g/mol. The average Bonchev–Trinajstić information content (AvgIpc) is 1.93. The van der Waals surface area contributed by atoms with Crippen molar-refractivity contribution in [2.75, 3.05) is 5.73 Å². The molecule has 0 aliphatic carbocycles. The number of benzene rings is 1. The fourth-order valence-corrected chi connectivity index (χ4v) is 0.728. The van der Waals surface area contributed by atoms with Crippen LogP contribution in [0.15, 0.2) is 24.3 Å². The van der Waals surface area contributed by atoms with Crippen LogP contribution < -0.4 is 10.5 Å². The van der Waals surface area contributed by atoms with Crippen LogP contribution in [0.25, 0.3) is 0 Å². The smallest absolute Gasteiger partial charge is 0.308 e. The Morgan fingerprint density at radius 2 is 2.00 bits per heavy atom. The molecule has 3 nitrogen and oxygen atoms in total. The number of hydrogen-bond acceptors (Lipinski definition) is 3. The Bertz CT molecular complexity index is 276. The Balaban J connectivity index is 0.00000121. The molecule has 0 saturated carbocycles. The Hall–Kier alpha value is -0.575. The number of anilines is 1. The number of ether oxygens (including phenoxy) is 1. The average molecular weight is 352 g/mol. The van der Waals surface area contributed by atoms with E-state index in [0.29, 0.717) is 11.4 Å². The van der Waals surface area contributed by atoms with Crippen molar-refractivity contribution >= 4 is 11.7 Å². The Morgan fingerprint density at radius 1 is 1.42 bits per heavy atom. The van der Waals surface area contributed by atoms with E-state index in [4.69, 9.17) is 10.5 Å². The molecule has 0 fully saturated rings. The molecule has 0 saturated heterocycles. The van der Waals surface area contributed by atoms with E-state index in [1.165, 1.54) is 6.92 Å². The van der Waals surface area contributed by atoms with Crippen molar-refractivity contribution < 1.29 is 37.2 Å². The maximum atomic E-state index is 10.5. The van der Waals surface area contributed by atoms with Gasteiger partial charge in [0.05, 0.1) is 5.69 Å². The normalized spacial score (nSPS) is 8.42. The van der Waals surface area contributed by atoms with Crippen LogP contribution in [0.4, 0.5) is 5.69 Å². The summed E-state index contributed by atoms with van der Waals surface area (Å²) in [6.07, 6.45) is 0. The van der Waals surface area contributed by atoms with E-state index in [9.17, 15) is 4.79 Å². The Labute approximate surface area is 91.4 Å². The van der Waals surface area contributed by atoms with Crippen molar-refractivity contribution in [1.29, 1.82) is 0 Å². The molecular formula is C8H9HgNO2. The van der Waals surface area contributed by atoms with Crippen LogP contribution in [0.3, 0.4) is 0 Å². The summed E-state index contributed by atoms with van der Waals surface area (Å²) in [6.45, 7) is 1.34. The SMILES string of the molecule is CC(=O)Oc1ccccc1N.[Hg]. The second-order valence-electron chi connectivity index (χ2n) is 2.13. The van der Waals surface area contributed by atoms with Gasteiger partial charge in [-0.2, -0.15) is 0 Å². The maximum Gasteiger partial charge on any atom is 0.308 e. The first-order chi connectivity index (χ1) is 5.20. The summed E-state index contributed by atoms with van der Waals surface area (Å²) in [5, 5.41) is 0. The van der Waals surface area contributed by atoms with Gasteiger partial charge in [-0.25, -0.2) is 0 Å². The van der Waals surface area contributed by atoms with Gasteiger partial charge in [-0.15, -0.1) is 0 Å². The zero-order valence-corrected chi connectivity index (χ0v) is 12.4. The summed E-state index contributed by atoms with van der Waals surface area (Å²) in [4.78, 5) is 10.5. The van der Waals surface area contributed by atoms with Gasteiger partial charge in [-0.3, -0.25) is 4.79 Å². The van der Waals surface area contributed by atoms with Gasteiger partial charge in [-0.1, -0.05) is 12.1 Å². The van der Waals surface area contributed by atoms with E-state index in [0.717, 1.165) is 0 Å². The molecule has 12 heavy (non-hydrogen) atoms. The maximum absolute atomic E-state index is 10.5. The van der Waals surface area contributed by atoms with Crippen molar-refractivity contribution in [3.8, 4) is 5.75 Å². The van der Waals surface area contributed by atoms with Gasteiger partial charge in [0.1, 0.15) is 0 Å². The molecule has 0 unspecified atom stereocenters. The first kappa shape index (κ1) is 11.4. The summed E-state index contributed by atoms with van der Waals surface area (Å²) >= 11 is 0. The summed E-state index contributed by atoms with van der Waals surface area (Å²) in [6, 6.07) is 6.87. The molecule has 4 heteroatoms. The first-order valence-corrected chi connectivity index (χ1v) is 3.23. The third-order valence-corrected chi connectivity index (χ3v) is 1.17. The standard InChI is InChI=1S/C8H9NO2.Hg/c1-6(10)11-8-5-3-2-4-7(8)9;/h2-5H,9H2,1H3;. The molecule has 2 N–H and O–H groups in total.